The molecule has 6 heteroatoms. The summed E-state index contributed by atoms with van der Waals surface area (Å²) in [7, 11) is 0. The Morgan fingerprint density at radius 2 is 2.00 bits per heavy atom. The molecule has 1 aliphatic rings. The minimum Gasteiger partial charge on any atom is -0.369 e. The van der Waals surface area contributed by atoms with Gasteiger partial charge in [-0.05, 0) is 19.1 Å². The number of amides is 1. The third-order valence-corrected chi connectivity index (χ3v) is 4.85. The number of hydrogen-bond acceptors (Lipinski definition) is 5. The molecule has 1 amide bonds. The molecule has 0 aliphatic carbocycles. The van der Waals surface area contributed by atoms with E-state index in [-0.39, 0.29) is 5.91 Å². The number of thioether (sulfide) groups is 1. The first-order valence-electron chi connectivity index (χ1n) is 7.96. The number of nitriles is 1. The molecule has 1 aromatic rings. The van der Waals surface area contributed by atoms with Crippen molar-refractivity contribution in [1.29, 1.82) is 5.26 Å². The van der Waals surface area contributed by atoms with Gasteiger partial charge in [-0.15, -0.1) is 11.8 Å². The van der Waals surface area contributed by atoms with Crippen molar-refractivity contribution < 1.29 is 4.79 Å². The molecule has 1 saturated heterocycles. The minimum atomic E-state index is 0.0139. The smallest absolute Gasteiger partial charge is 0.230 e. The Balaban J connectivity index is 1.68. The third-order valence-electron chi connectivity index (χ3n) is 4.05. The molecule has 0 spiro atoms. The summed E-state index contributed by atoms with van der Waals surface area (Å²) in [6, 6.07) is 12.8. The van der Waals surface area contributed by atoms with Gasteiger partial charge in [-0.25, -0.2) is 0 Å². The monoisotopic (exact) mass is 332 g/mol. The fourth-order valence-electron chi connectivity index (χ4n) is 2.69. The molecule has 0 bridgehead atoms. The number of para-hydroxylation sites is 1. The number of rotatable bonds is 7. The molecule has 1 atom stereocenters. The average Bonchev–Trinajstić information content (AvgIpc) is 2.61. The second-order valence-corrected chi connectivity index (χ2v) is 6.65. The second kappa shape index (κ2) is 9.43. The van der Waals surface area contributed by atoms with Gasteiger partial charge in [0, 0.05) is 44.5 Å². The molecule has 0 aromatic heterocycles. The Morgan fingerprint density at radius 3 is 2.65 bits per heavy atom. The van der Waals surface area contributed by atoms with Gasteiger partial charge in [0.1, 0.15) is 0 Å². The van der Waals surface area contributed by atoms with E-state index in [1.807, 2.05) is 12.1 Å². The van der Waals surface area contributed by atoms with Crippen LogP contribution in [0.5, 0.6) is 0 Å². The van der Waals surface area contributed by atoms with Crippen LogP contribution in [0.15, 0.2) is 30.3 Å². The highest BCUT2D eigenvalue weighted by atomic mass is 32.2. The number of hydrogen-bond donors (Lipinski definition) is 1. The first-order valence-corrected chi connectivity index (χ1v) is 9.11. The van der Waals surface area contributed by atoms with Crippen LogP contribution < -0.4 is 10.2 Å². The summed E-state index contributed by atoms with van der Waals surface area (Å²) in [5, 5.41) is 11.4. The maximum atomic E-state index is 11.7. The lowest BCUT2D eigenvalue weighted by Crippen LogP contribution is -2.52. The van der Waals surface area contributed by atoms with Gasteiger partial charge in [0.25, 0.3) is 0 Å². The largest absolute Gasteiger partial charge is 0.369 e. The first-order chi connectivity index (χ1) is 11.2. The summed E-state index contributed by atoms with van der Waals surface area (Å²) in [6.07, 6.45) is 0. The summed E-state index contributed by atoms with van der Waals surface area (Å²) >= 11 is 1.35. The summed E-state index contributed by atoms with van der Waals surface area (Å²) in [5.74, 6) is 0.743. The number of anilines is 1. The number of benzene rings is 1. The number of carbonyl (C=O) groups is 1. The van der Waals surface area contributed by atoms with Gasteiger partial charge < -0.3 is 10.2 Å². The molecule has 1 fully saturated rings. The Hall–Kier alpha value is -1.71. The van der Waals surface area contributed by atoms with E-state index in [9.17, 15) is 4.79 Å². The summed E-state index contributed by atoms with van der Waals surface area (Å²) in [4.78, 5) is 16.5. The van der Waals surface area contributed by atoms with Gasteiger partial charge >= 0.3 is 0 Å². The number of carbonyl (C=O) groups excluding carboxylic acids is 1. The summed E-state index contributed by atoms with van der Waals surface area (Å²) in [6.45, 7) is 6.86. The molecule has 23 heavy (non-hydrogen) atoms. The molecule has 0 radical (unpaired) electrons. The van der Waals surface area contributed by atoms with Crippen LogP contribution in [0.4, 0.5) is 5.69 Å². The maximum absolute atomic E-state index is 11.7. The third kappa shape index (κ3) is 5.77. The molecular formula is C17H24N4OS. The molecule has 2 rings (SSSR count). The Kier molecular flexibility index (Phi) is 7.24. The van der Waals surface area contributed by atoms with Crippen molar-refractivity contribution in [1.82, 2.24) is 10.2 Å². The Bertz CT molecular complexity index is 523. The van der Waals surface area contributed by atoms with Crippen LogP contribution in [0.25, 0.3) is 0 Å². The van der Waals surface area contributed by atoms with Crippen molar-refractivity contribution in [2.24, 2.45) is 0 Å². The van der Waals surface area contributed by atoms with Gasteiger partial charge in [-0.1, -0.05) is 18.2 Å². The summed E-state index contributed by atoms with van der Waals surface area (Å²) in [5.41, 5.74) is 1.28. The molecule has 1 N–H and O–H groups in total. The number of nitrogens with zero attached hydrogens (tertiary/aromatic N) is 3. The highest BCUT2D eigenvalue weighted by molar-refractivity contribution is 8.00. The zero-order chi connectivity index (χ0) is 16.5. The zero-order valence-corrected chi connectivity index (χ0v) is 14.4. The van der Waals surface area contributed by atoms with Crippen molar-refractivity contribution in [3.8, 4) is 6.07 Å². The normalized spacial score (nSPS) is 16.6. The van der Waals surface area contributed by atoms with Crippen LogP contribution in [0.3, 0.4) is 0 Å². The SMILES string of the molecule is C[C@@H](CNC(=O)CSCC#N)N1CCN(c2ccccc2)CC1. The van der Waals surface area contributed by atoms with Gasteiger partial charge in [-0.3, -0.25) is 9.69 Å². The van der Waals surface area contributed by atoms with Gasteiger partial charge in [-0.2, -0.15) is 5.26 Å². The minimum absolute atomic E-state index is 0.0139. The molecule has 1 heterocycles. The van der Waals surface area contributed by atoms with E-state index in [4.69, 9.17) is 5.26 Å². The molecule has 0 unspecified atom stereocenters. The maximum Gasteiger partial charge on any atom is 0.230 e. The lowest BCUT2D eigenvalue weighted by Gasteiger charge is -2.39. The molecule has 1 aliphatic heterocycles. The Morgan fingerprint density at radius 1 is 1.30 bits per heavy atom. The molecule has 0 saturated carbocycles. The van der Waals surface area contributed by atoms with E-state index >= 15 is 0 Å². The molecule has 1 aromatic carbocycles. The van der Waals surface area contributed by atoms with Crippen LogP contribution in [0, 0.1) is 11.3 Å². The van der Waals surface area contributed by atoms with E-state index in [2.05, 4.69) is 46.3 Å². The van der Waals surface area contributed by atoms with E-state index in [1.165, 1.54) is 17.4 Å². The lowest BCUT2D eigenvalue weighted by atomic mass is 10.2. The van der Waals surface area contributed by atoms with Crippen LogP contribution in [-0.2, 0) is 4.79 Å². The van der Waals surface area contributed by atoms with Crippen molar-refractivity contribution in [3.63, 3.8) is 0 Å². The van der Waals surface area contributed by atoms with E-state index in [0.29, 0.717) is 24.1 Å². The summed E-state index contributed by atoms with van der Waals surface area (Å²) < 4.78 is 0. The zero-order valence-electron chi connectivity index (χ0n) is 13.6. The van der Waals surface area contributed by atoms with E-state index in [0.717, 1.165) is 26.2 Å². The van der Waals surface area contributed by atoms with Crippen molar-refractivity contribution in [2.45, 2.75) is 13.0 Å². The predicted molar refractivity (Wildman–Crippen MR) is 95.6 cm³/mol. The highest BCUT2D eigenvalue weighted by Crippen LogP contribution is 2.16. The standard InChI is InChI=1S/C17H24N4OS/c1-15(13-19-17(22)14-23-12-7-18)20-8-10-21(11-9-20)16-5-3-2-4-6-16/h2-6,15H,8-14H2,1H3,(H,19,22)/t15-/m0/s1. The van der Waals surface area contributed by atoms with Crippen LogP contribution >= 0.6 is 11.8 Å². The van der Waals surface area contributed by atoms with Gasteiger partial charge in [0.05, 0.1) is 17.6 Å². The lowest BCUT2D eigenvalue weighted by molar-refractivity contribution is -0.118. The number of nitrogens with one attached hydrogen (secondary N) is 1. The quantitative estimate of drug-likeness (QED) is 0.768. The topological polar surface area (TPSA) is 59.4 Å². The predicted octanol–water partition coefficient (Wildman–Crippen LogP) is 1.57. The van der Waals surface area contributed by atoms with Gasteiger partial charge in [0.2, 0.25) is 5.91 Å². The number of piperazine rings is 1. The van der Waals surface area contributed by atoms with Gasteiger partial charge in [0.15, 0.2) is 0 Å². The molecular weight excluding hydrogens is 308 g/mol. The molecule has 5 nitrogen and oxygen atoms in total. The van der Waals surface area contributed by atoms with Crippen molar-refractivity contribution in [3.05, 3.63) is 30.3 Å². The highest BCUT2D eigenvalue weighted by Gasteiger charge is 2.21. The van der Waals surface area contributed by atoms with Crippen LogP contribution in [-0.4, -0.2) is 61.1 Å². The van der Waals surface area contributed by atoms with Crippen molar-refractivity contribution in [2.75, 3.05) is 49.1 Å². The van der Waals surface area contributed by atoms with E-state index < -0.39 is 0 Å². The van der Waals surface area contributed by atoms with Crippen LogP contribution in [0.1, 0.15) is 6.92 Å². The first kappa shape index (κ1) is 17.6. The Labute approximate surface area is 142 Å². The average molecular weight is 332 g/mol. The van der Waals surface area contributed by atoms with Crippen LogP contribution in [0.2, 0.25) is 0 Å². The second-order valence-electron chi connectivity index (χ2n) is 5.66. The van der Waals surface area contributed by atoms with Crippen molar-refractivity contribution >= 4 is 23.4 Å². The fourth-order valence-corrected chi connectivity index (χ4v) is 3.17. The molecule has 124 valence electrons. The fraction of sp³-hybridized carbons (Fsp3) is 0.529. The van der Waals surface area contributed by atoms with E-state index in [1.54, 1.807) is 0 Å².